The molecule has 1 aromatic heterocycles. The van der Waals surface area contributed by atoms with Crippen LogP contribution in [-0.2, 0) is 21.7 Å². The normalized spacial score (nSPS) is 13.8. The summed E-state index contributed by atoms with van der Waals surface area (Å²) in [6, 6.07) is 1.98. The van der Waals surface area contributed by atoms with Crippen LogP contribution in [0.5, 0.6) is 0 Å². The van der Waals surface area contributed by atoms with Gasteiger partial charge < -0.3 is 9.64 Å². The Hall–Kier alpha value is -1.01. The van der Waals surface area contributed by atoms with E-state index in [2.05, 4.69) is 4.74 Å². The van der Waals surface area contributed by atoms with Gasteiger partial charge in [0, 0.05) is 17.2 Å². The van der Waals surface area contributed by atoms with Gasteiger partial charge in [0.25, 0.3) is 5.91 Å². The second-order valence-corrected chi connectivity index (χ2v) is 6.50. The Labute approximate surface area is 121 Å². The van der Waals surface area contributed by atoms with Gasteiger partial charge in [0.05, 0.1) is 12.0 Å². The average Bonchev–Trinajstić information content (AvgIpc) is 2.87. The van der Waals surface area contributed by atoms with E-state index in [9.17, 15) is 9.59 Å². The maximum Gasteiger partial charge on any atom is 0.325 e. The molecule has 0 atom stereocenters. The average molecular weight is 299 g/mol. The number of fused-ring (bicyclic) bond motifs is 1. The topological polar surface area (TPSA) is 46.6 Å². The molecule has 1 aliphatic heterocycles. The number of rotatable bonds is 4. The molecule has 6 heteroatoms. The van der Waals surface area contributed by atoms with Crippen LogP contribution in [0.2, 0.25) is 0 Å². The van der Waals surface area contributed by atoms with Crippen molar-refractivity contribution in [3.8, 4) is 0 Å². The number of hydrogen-bond donors (Lipinski definition) is 0. The molecule has 0 saturated carbocycles. The minimum Gasteiger partial charge on any atom is -0.468 e. The van der Waals surface area contributed by atoms with Gasteiger partial charge in [-0.2, -0.15) is 11.8 Å². The van der Waals surface area contributed by atoms with Crippen molar-refractivity contribution in [1.29, 1.82) is 0 Å². The molecule has 1 aromatic rings. The van der Waals surface area contributed by atoms with Gasteiger partial charge >= 0.3 is 5.97 Å². The van der Waals surface area contributed by atoms with Crippen molar-refractivity contribution < 1.29 is 14.3 Å². The van der Waals surface area contributed by atoms with Crippen molar-refractivity contribution in [3.63, 3.8) is 0 Å². The molecule has 1 aliphatic rings. The molecular formula is C13H17NO3S2. The lowest BCUT2D eigenvalue weighted by Gasteiger charge is -2.18. The molecule has 104 valence electrons. The molecule has 0 bridgehead atoms. The van der Waals surface area contributed by atoms with Crippen LogP contribution in [0.3, 0.4) is 0 Å². The van der Waals surface area contributed by atoms with Crippen LogP contribution in [0.4, 0.5) is 0 Å². The lowest BCUT2D eigenvalue weighted by Crippen LogP contribution is -2.35. The van der Waals surface area contributed by atoms with Crippen molar-refractivity contribution in [3.05, 3.63) is 21.4 Å². The van der Waals surface area contributed by atoms with Gasteiger partial charge in [-0.05, 0) is 30.7 Å². The highest BCUT2D eigenvalue weighted by Crippen LogP contribution is 2.32. The van der Waals surface area contributed by atoms with E-state index in [4.69, 9.17) is 0 Å². The van der Waals surface area contributed by atoms with E-state index in [1.807, 2.05) is 24.8 Å². The summed E-state index contributed by atoms with van der Waals surface area (Å²) in [7, 11) is 1.34. The number of carbonyl (C=O) groups is 2. The Morgan fingerprint density at radius 2 is 2.26 bits per heavy atom. The fourth-order valence-electron chi connectivity index (χ4n) is 1.96. The number of ether oxygens (including phenoxy) is 1. The van der Waals surface area contributed by atoms with Gasteiger partial charge in [-0.25, -0.2) is 0 Å². The van der Waals surface area contributed by atoms with Crippen LogP contribution in [0.1, 0.15) is 27.0 Å². The molecule has 0 radical (unpaired) electrons. The second kappa shape index (κ2) is 6.43. The Kier molecular flexibility index (Phi) is 4.87. The van der Waals surface area contributed by atoms with Crippen LogP contribution in [0.15, 0.2) is 6.07 Å². The van der Waals surface area contributed by atoms with E-state index in [1.165, 1.54) is 22.5 Å². The number of nitrogens with zero attached hydrogens (tertiary/aromatic N) is 1. The third-order valence-corrected chi connectivity index (χ3v) is 5.29. The highest BCUT2D eigenvalue weighted by atomic mass is 32.2. The summed E-state index contributed by atoms with van der Waals surface area (Å²) in [6.07, 6.45) is 1.04. The molecule has 0 fully saturated rings. The zero-order valence-corrected chi connectivity index (χ0v) is 12.7. The second-order valence-electron chi connectivity index (χ2n) is 4.26. The molecule has 0 unspecified atom stereocenters. The summed E-state index contributed by atoms with van der Waals surface area (Å²) in [4.78, 5) is 27.2. The molecule has 0 saturated heterocycles. The van der Waals surface area contributed by atoms with E-state index >= 15 is 0 Å². The van der Waals surface area contributed by atoms with Crippen LogP contribution < -0.4 is 0 Å². The molecule has 0 spiro atoms. The first-order valence-corrected chi connectivity index (χ1v) is 8.18. The Morgan fingerprint density at radius 1 is 1.47 bits per heavy atom. The quantitative estimate of drug-likeness (QED) is 0.800. The summed E-state index contributed by atoms with van der Waals surface area (Å²) < 4.78 is 4.62. The van der Waals surface area contributed by atoms with Gasteiger partial charge in [0.1, 0.15) is 6.54 Å². The minimum atomic E-state index is -0.382. The number of thiophene rings is 1. The smallest absolute Gasteiger partial charge is 0.325 e. The summed E-state index contributed by atoms with van der Waals surface area (Å²) in [6.45, 7) is 2.39. The van der Waals surface area contributed by atoms with Crippen LogP contribution in [-0.4, -0.2) is 42.7 Å². The SMILES string of the molecule is CCN(CC(=O)OC)C(=O)c1cc2c(s1)CCSC2. The van der Waals surface area contributed by atoms with Crippen molar-refractivity contribution >= 4 is 35.0 Å². The largest absolute Gasteiger partial charge is 0.468 e. The van der Waals surface area contributed by atoms with E-state index in [0.29, 0.717) is 6.54 Å². The number of methoxy groups -OCH3 is 1. The molecule has 2 rings (SSSR count). The number of likely N-dealkylation sites (N-methyl/N-ethyl adjacent to an activating group) is 1. The number of esters is 1. The van der Waals surface area contributed by atoms with Crippen molar-refractivity contribution in [2.45, 2.75) is 19.1 Å². The van der Waals surface area contributed by atoms with Crippen LogP contribution in [0, 0.1) is 0 Å². The van der Waals surface area contributed by atoms with Crippen molar-refractivity contribution in [2.24, 2.45) is 0 Å². The highest BCUT2D eigenvalue weighted by Gasteiger charge is 2.22. The molecule has 19 heavy (non-hydrogen) atoms. The third kappa shape index (κ3) is 3.30. The molecule has 0 aliphatic carbocycles. The van der Waals surface area contributed by atoms with Gasteiger partial charge in [0.15, 0.2) is 0 Å². The standard InChI is InChI=1S/C13H17NO3S2/c1-3-14(7-12(15)17-2)13(16)11-6-9-8-18-5-4-10(9)19-11/h6H,3-5,7-8H2,1-2H3. The summed E-state index contributed by atoms with van der Waals surface area (Å²) in [5.41, 5.74) is 1.28. The minimum absolute atomic E-state index is 0.0170. The molecular weight excluding hydrogens is 282 g/mol. The first-order chi connectivity index (χ1) is 9.15. The number of thioether (sulfide) groups is 1. The molecule has 0 N–H and O–H groups in total. The predicted octanol–water partition coefficient (Wildman–Crippen LogP) is 2.17. The molecule has 2 heterocycles. The van der Waals surface area contributed by atoms with E-state index in [0.717, 1.165) is 22.8 Å². The van der Waals surface area contributed by atoms with Gasteiger partial charge in [-0.1, -0.05) is 0 Å². The lowest BCUT2D eigenvalue weighted by molar-refractivity contribution is -0.141. The monoisotopic (exact) mass is 299 g/mol. The first kappa shape index (κ1) is 14.4. The summed E-state index contributed by atoms with van der Waals surface area (Å²) in [5.74, 6) is 1.66. The third-order valence-electron chi connectivity index (χ3n) is 3.06. The number of hydrogen-bond acceptors (Lipinski definition) is 5. The molecule has 1 amide bonds. The Balaban J connectivity index is 2.13. The van der Waals surface area contributed by atoms with Gasteiger partial charge in [-0.15, -0.1) is 11.3 Å². The predicted molar refractivity (Wildman–Crippen MR) is 77.8 cm³/mol. The highest BCUT2D eigenvalue weighted by molar-refractivity contribution is 7.98. The first-order valence-electron chi connectivity index (χ1n) is 6.21. The zero-order chi connectivity index (χ0) is 13.8. The summed E-state index contributed by atoms with van der Waals surface area (Å²) in [5, 5.41) is 0. The van der Waals surface area contributed by atoms with Gasteiger partial charge in [0.2, 0.25) is 0 Å². The molecule has 0 aromatic carbocycles. The van der Waals surface area contributed by atoms with Crippen molar-refractivity contribution in [1.82, 2.24) is 4.90 Å². The Bertz CT molecular complexity index is 461. The lowest BCUT2D eigenvalue weighted by atomic mass is 10.2. The van der Waals surface area contributed by atoms with E-state index in [1.54, 1.807) is 11.3 Å². The van der Waals surface area contributed by atoms with Gasteiger partial charge in [-0.3, -0.25) is 9.59 Å². The maximum absolute atomic E-state index is 12.4. The van der Waals surface area contributed by atoms with Crippen molar-refractivity contribution in [2.75, 3.05) is 26.0 Å². The summed E-state index contributed by atoms with van der Waals surface area (Å²) >= 11 is 3.46. The number of aryl methyl sites for hydroxylation is 1. The Morgan fingerprint density at radius 3 is 2.89 bits per heavy atom. The number of carbonyl (C=O) groups excluding carboxylic acids is 2. The number of amides is 1. The zero-order valence-electron chi connectivity index (χ0n) is 11.1. The van der Waals surface area contributed by atoms with Crippen LogP contribution in [0.25, 0.3) is 0 Å². The van der Waals surface area contributed by atoms with Crippen LogP contribution >= 0.6 is 23.1 Å². The van der Waals surface area contributed by atoms with E-state index in [-0.39, 0.29) is 18.4 Å². The van der Waals surface area contributed by atoms with E-state index < -0.39 is 0 Å². The fraction of sp³-hybridized carbons (Fsp3) is 0.538. The fourth-order valence-corrected chi connectivity index (χ4v) is 4.30. The molecule has 4 nitrogen and oxygen atoms in total. The maximum atomic E-state index is 12.4.